The van der Waals surface area contributed by atoms with Gasteiger partial charge >= 0.3 is 7.82 Å². The number of nitrogens with one attached hydrogen (secondary N) is 1. The zero-order chi connectivity index (χ0) is 37.2. The Hall–Kier alpha value is -0.500. The maximum absolute atomic E-state index is 12.8. The number of phosphoric ester groups is 1. The first-order valence-corrected chi connectivity index (χ1v) is 22.9. The lowest BCUT2D eigenvalue weighted by Crippen LogP contribution is -2.46. The van der Waals surface area contributed by atoms with Crippen LogP contribution in [0.4, 0.5) is 0 Å². The number of carbonyl (C=O) groups excluding carboxylic acids is 1. The molecule has 9 heteroatoms. The Labute approximate surface area is 310 Å². The molecule has 0 aliphatic heterocycles. The molecule has 0 radical (unpaired) electrons. The first-order chi connectivity index (χ1) is 24.0. The van der Waals surface area contributed by atoms with Crippen molar-refractivity contribution in [2.24, 2.45) is 0 Å². The number of aliphatic hydroxyl groups is 1. The second kappa shape index (κ2) is 34.3. The van der Waals surface area contributed by atoms with Gasteiger partial charge in [-0.1, -0.05) is 187 Å². The van der Waals surface area contributed by atoms with Crippen LogP contribution in [-0.4, -0.2) is 73.4 Å². The molecule has 1 unspecified atom stereocenters. The topological polar surface area (TPSA) is 105 Å². The summed E-state index contributed by atoms with van der Waals surface area (Å²) in [4.78, 5) is 23.1. The van der Waals surface area contributed by atoms with E-state index in [0.29, 0.717) is 23.9 Å². The molecule has 3 atom stereocenters. The summed E-state index contributed by atoms with van der Waals surface area (Å²) >= 11 is 0. The second-order valence-electron chi connectivity index (χ2n) is 16.1. The summed E-state index contributed by atoms with van der Waals surface area (Å²) in [6.07, 6.45) is 35.5. The van der Waals surface area contributed by atoms with Crippen LogP contribution in [0, 0.1) is 0 Å². The quantitative estimate of drug-likeness (QED) is 0.0330. The molecule has 0 aliphatic rings. The zero-order valence-electron chi connectivity index (χ0n) is 33.9. The number of amides is 1. The number of unbranched alkanes of at least 4 members (excludes halogenated alkanes) is 26. The number of quaternary nitrogens is 1. The van der Waals surface area contributed by atoms with E-state index in [2.05, 4.69) is 19.2 Å². The normalized spacial score (nSPS) is 14.5. The first-order valence-electron chi connectivity index (χ1n) is 21.4. The highest BCUT2D eigenvalue weighted by atomic mass is 31.2. The lowest BCUT2D eigenvalue weighted by Gasteiger charge is -2.26. The minimum atomic E-state index is -4.30. The largest absolute Gasteiger partial charge is 0.472 e. The van der Waals surface area contributed by atoms with Crippen molar-refractivity contribution >= 4 is 13.7 Å². The number of phosphoric acid groups is 1. The number of aliphatic hydroxyl groups excluding tert-OH is 1. The predicted molar refractivity (Wildman–Crippen MR) is 212 cm³/mol. The highest BCUT2D eigenvalue weighted by Gasteiger charge is 2.28. The van der Waals surface area contributed by atoms with Gasteiger partial charge in [0.1, 0.15) is 13.2 Å². The van der Waals surface area contributed by atoms with Gasteiger partial charge in [0.2, 0.25) is 5.91 Å². The van der Waals surface area contributed by atoms with Crippen LogP contribution < -0.4 is 5.32 Å². The minimum absolute atomic E-state index is 0.0783. The molecule has 0 aromatic carbocycles. The van der Waals surface area contributed by atoms with E-state index >= 15 is 0 Å². The SMILES string of the molecule is CCCCCCCCCCCCCCCCCCC(=O)N[C@@H](COP(=O)(O)OCC[N+](C)(C)C)[C@H](O)CCCCCCCCCCCCCC. The number of hydrogen-bond donors (Lipinski definition) is 3. The molecule has 0 aliphatic carbocycles. The second-order valence-corrected chi connectivity index (χ2v) is 17.5. The first kappa shape index (κ1) is 49.5. The van der Waals surface area contributed by atoms with Crippen molar-refractivity contribution in [3.05, 3.63) is 0 Å². The van der Waals surface area contributed by atoms with Gasteiger partial charge in [-0.15, -0.1) is 0 Å². The molecular formula is C41H86N2O6P+. The van der Waals surface area contributed by atoms with E-state index in [-0.39, 0.29) is 19.1 Å². The van der Waals surface area contributed by atoms with E-state index < -0.39 is 20.0 Å². The maximum atomic E-state index is 12.8. The molecule has 8 nitrogen and oxygen atoms in total. The Morgan fingerprint density at radius 2 is 0.960 bits per heavy atom. The minimum Gasteiger partial charge on any atom is -0.391 e. The average molecular weight is 734 g/mol. The molecule has 1 amide bonds. The van der Waals surface area contributed by atoms with Crippen LogP contribution in [0.15, 0.2) is 0 Å². The molecule has 0 saturated carbocycles. The van der Waals surface area contributed by atoms with Crippen LogP contribution in [0.2, 0.25) is 0 Å². The molecule has 0 heterocycles. The van der Waals surface area contributed by atoms with Gasteiger partial charge in [0.05, 0.1) is 39.9 Å². The fourth-order valence-electron chi connectivity index (χ4n) is 6.40. The summed E-state index contributed by atoms with van der Waals surface area (Å²) in [6, 6.07) is -0.751. The van der Waals surface area contributed by atoms with Gasteiger partial charge in [-0.2, -0.15) is 0 Å². The van der Waals surface area contributed by atoms with E-state index in [9.17, 15) is 19.4 Å². The standard InChI is InChI=1S/C41H85N2O6P/c1-6-8-10-12-14-16-18-20-21-22-23-25-27-29-31-33-35-41(45)42-39(38-49-50(46,47)48-37-36-43(3,4)5)40(44)34-32-30-28-26-24-19-17-15-13-11-9-7-2/h39-40,44H,6-38H2,1-5H3,(H-,42,45,46,47)/p+1/t39-,40+/m0/s1. The maximum Gasteiger partial charge on any atom is 0.472 e. The summed E-state index contributed by atoms with van der Waals surface area (Å²) in [6.45, 7) is 4.89. The summed E-state index contributed by atoms with van der Waals surface area (Å²) in [5, 5.41) is 13.9. The summed E-state index contributed by atoms with van der Waals surface area (Å²) in [5.74, 6) is -0.142. The van der Waals surface area contributed by atoms with Crippen LogP contribution in [0.25, 0.3) is 0 Å². The molecule has 0 bridgehead atoms. The fraction of sp³-hybridized carbons (Fsp3) is 0.976. The fourth-order valence-corrected chi connectivity index (χ4v) is 7.13. The van der Waals surface area contributed by atoms with Gasteiger partial charge in [-0.05, 0) is 12.8 Å². The Morgan fingerprint density at radius 3 is 1.34 bits per heavy atom. The van der Waals surface area contributed by atoms with Gasteiger partial charge < -0.3 is 19.8 Å². The van der Waals surface area contributed by atoms with Gasteiger partial charge in [0.15, 0.2) is 0 Å². The van der Waals surface area contributed by atoms with Gasteiger partial charge in [-0.25, -0.2) is 4.57 Å². The number of carbonyl (C=O) groups is 1. The molecule has 0 aromatic rings. The predicted octanol–water partition coefficient (Wildman–Crippen LogP) is 11.4. The summed E-state index contributed by atoms with van der Waals surface area (Å²) in [7, 11) is 1.63. The third-order valence-electron chi connectivity index (χ3n) is 9.86. The molecule has 0 aromatic heterocycles. The van der Waals surface area contributed by atoms with Crippen molar-refractivity contribution < 1.29 is 32.9 Å². The Balaban J connectivity index is 4.34. The van der Waals surface area contributed by atoms with E-state index in [1.807, 2.05) is 21.1 Å². The molecule has 0 rings (SSSR count). The highest BCUT2D eigenvalue weighted by molar-refractivity contribution is 7.47. The molecule has 0 saturated heterocycles. The van der Waals surface area contributed by atoms with Crippen molar-refractivity contribution in [2.45, 2.75) is 219 Å². The number of nitrogens with zero attached hydrogens (tertiary/aromatic N) is 1. The van der Waals surface area contributed by atoms with E-state index in [1.54, 1.807) is 0 Å². The molecule has 300 valence electrons. The number of likely N-dealkylation sites (N-methyl/N-ethyl adjacent to an activating group) is 1. The van der Waals surface area contributed by atoms with E-state index in [1.165, 1.54) is 141 Å². The Morgan fingerprint density at radius 1 is 0.600 bits per heavy atom. The third kappa shape index (κ3) is 35.9. The monoisotopic (exact) mass is 734 g/mol. The lowest BCUT2D eigenvalue weighted by molar-refractivity contribution is -0.870. The van der Waals surface area contributed by atoms with Crippen LogP contribution in [-0.2, 0) is 18.4 Å². The van der Waals surface area contributed by atoms with Gasteiger partial charge in [0, 0.05) is 6.42 Å². The molecule has 0 spiro atoms. The number of hydrogen-bond acceptors (Lipinski definition) is 5. The van der Waals surface area contributed by atoms with Crippen molar-refractivity contribution in [3.8, 4) is 0 Å². The number of rotatable bonds is 39. The smallest absolute Gasteiger partial charge is 0.391 e. The highest BCUT2D eigenvalue weighted by Crippen LogP contribution is 2.43. The van der Waals surface area contributed by atoms with Gasteiger partial charge in [-0.3, -0.25) is 13.8 Å². The Bertz CT molecular complexity index is 794. The molecule has 0 fully saturated rings. The molecule has 3 N–H and O–H groups in total. The van der Waals surface area contributed by atoms with Crippen molar-refractivity contribution in [3.63, 3.8) is 0 Å². The van der Waals surface area contributed by atoms with Crippen LogP contribution in [0.3, 0.4) is 0 Å². The van der Waals surface area contributed by atoms with Crippen molar-refractivity contribution in [1.29, 1.82) is 0 Å². The van der Waals surface area contributed by atoms with E-state index in [0.717, 1.165) is 38.5 Å². The van der Waals surface area contributed by atoms with E-state index in [4.69, 9.17) is 9.05 Å². The van der Waals surface area contributed by atoms with Crippen molar-refractivity contribution in [1.82, 2.24) is 5.32 Å². The Kier molecular flexibility index (Phi) is 33.9. The third-order valence-corrected chi connectivity index (χ3v) is 10.8. The molecule has 50 heavy (non-hydrogen) atoms. The zero-order valence-corrected chi connectivity index (χ0v) is 34.8. The summed E-state index contributed by atoms with van der Waals surface area (Å²) < 4.78 is 23.6. The molecular weight excluding hydrogens is 647 g/mol. The van der Waals surface area contributed by atoms with Crippen LogP contribution in [0.1, 0.15) is 206 Å². The van der Waals surface area contributed by atoms with Gasteiger partial charge in [0.25, 0.3) is 0 Å². The average Bonchev–Trinajstić information content (AvgIpc) is 3.06. The van der Waals surface area contributed by atoms with Crippen LogP contribution >= 0.6 is 7.82 Å². The summed E-state index contributed by atoms with van der Waals surface area (Å²) in [5.41, 5.74) is 0. The van der Waals surface area contributed by atoms with Crippen LogP contribution in [0.5, 0.6) is 0 Å². The van der Waals surface area contributed by atoms with Crippen molar-refractivity contribution in [2.75, 3.05) is 40.9 Å². The lowest BCUT2D eigenvalue weighted by atomic mass is 10.0.